The molecule has 0 radical (unpaired) electrons. The maximum absolute atomic E-state index is 12.9. The lowest BCUT2D eigenvalue weighted by Crippen LogP contribution is -2.63. The van der Waals surface area contributed by atoms with E-state index < -0.39 is 0 Å². The molecule has 3 aromatic carbocycles. The molecule has 0 bridgehead atoms. The number of hydrogen-bond acceptors (Lipinski definition) is 3. The lowest BCUT2D eigenvalue weighted by molar-refractivity contribution is -0.0434. The van der Waals surface area contributed by atoms with Gasteiger partial charge in [0.15, 0.2) is 0 Å². The minimum Gasteiger partial charge on any atom is -0.383 e. The minimum absolute atomic E-state index is 0.103. The molecule has 2 heterocycles. The molecule has 0 saturated carbocycles. The Morgan fingerprint density at radius 1 is 0.947 bits per heavy atom. The number of benzene rings is 3. The van der Waals surface area contributed by atoms with Crippen molar-refractivity contribution in [3.63, 3.8) is 0 Å². The molecule has 5 rings (SSSR count). The number of halogens is 1. The highest BCUT2D eigenvalue weighted by Gasteiger charge is 2.40. The van der Waals surface area contributed by atoms with Crippen LogP contribution in [-0.4, -0.2) is 61.3 Å². The molecular weight excluding hydrogens is 477 g/mol. The van der Waals surface area contributed by atoms with Crippen LogP contribution in [0.25, 0.3) is 11.1 Å². The van der Waals surface area contributed by atoms with Crippen LogP contribution in [-0.2, 0) is 4.74 Å². The van der Waals surface area contributed by atoms with Crippen LogP contribution in [0, 0.1) is 12.7 Å². The van der Waals surface area contributed by atoms with Crippen LogP contribution in [0.2, 0.25) is 0 Å². The van der Waals surface area contributed by atoms with Gasteiger partial charge in [0.2, 0.25) is 0 Å². The van der Waals surface area contributed by atoms with Crippen molar-refractivity contribution in [2.24, 2.45) is 0 Å². The van der Waals surface area contributed by atoms with Gasteiger partial charge in [-0.2, -0.15) is 0 Å². The molecular formula is C32H42FN3O2. The Balaban J connectivity index is 0.000000225. The van der Waals surface area contributed by atoms with Gasteiger partial charge >= 0.3 is 6.03 Å². The smallest absolute Gasteiger partial charge is 0.321 e. The van der Waals surface area contributed by atoms with Crippen LogP contribution < -0.4 is 5.32 Å². The Kier molecular flexibility index (Phi) is 11.8. The van der Waals surface area contributed by atoms with Crippen LogP contribution in [0.5, 0.6) is 0 Å². The van der Waals surface area contributed by atoms with Crippen molar-refractivity contribution in [1.29, 1.82) is 0 Å². The SMILES string of the molecule is CC.COC[C@@H]1C[C@@H]2CN(C(=O)Nc3ccc(F)cc3)CCCCN12.Cc1ccccc1-c1ccccc1. The largest absolute Gasteiger partial charge is 0.383 e. The number of urea groups is 1. The van der Waals surface area contributed by atoms with Gasteiger partial charge < -0.3 is 15.0 Å². The van der Waals surface area contributed by atoms with Crippen molar-refractivity contribution in [1.82, 2.24) is 9.80 Å². The zero-order valence-corrected chi connectivity index (χ0v) is 23.2. The van der Waals surface area contributed by atoms with E-state index in [2.05, 4.69) is 65.7 Å². The third-order valence-electron chi connectivity index (χ3n) is 6.98. The predicted molar refractivity (Wildman–Crippen MR) is 155 cm³/mol. The van der Waals surface area contributed by atoms with E-state index in [1.54, 1.807) is 19.2 Å². The molecule has 2 fully saturated rings. The third-order valence-corrected chi connectivity index (χ3v) is 6.98. The number of carbonyl (C=O) groups excluding carboxylic acids is 1. The van der Waals surface area contributed by atoms with Crippen molar-refractivity contribution in [2.75, 3.05) is 38.7 Å². The number of aryl methyl sites for hydroxylation is 1. The third kappa shape index (κ3) is 8.14. The topological polar surface area (TPSA) is 44.8 Å². The van der Waals surface area contributed by atoms with Gasteiger partial charge in [-0.1, -0.05) is 68.4 Å². The number of methoxy groups -OCH3 is 1. The second-order valence-corrected chi connectivity index (χ2v) is 9.51. The van der Waals surface area contributed by atoms with Gasteiger partial charge in [0.05, 0.1) is 6.61 Å². The second-order valence-electron chi connectivity index (χ2n) is 9.51. The Morgan fingerprint density at radius 2 is 1.61 bits per heavy atom. The molecule has 2 amide bonds. The van der Waals surface area contributed by atoms with E-state index in [-0.39, 0.29) is 11.8 Å². The van der Waals surface area contributed by atoms with E-state index in [0.717, 1.165) is 45.5 Å². The molecule has 38 heavy (non-hydrogen) atoms. The van der Waals surface area contributed by atoms with Crippen LogP contribution in [0.15, 0.2) is 78.9 Å². The number of carbonyl (C=O) groups is 1. The van der Waals surface area contributed by atoms with Gasteiger partial charge in [0.1, 0.15) is 5.82 Å². The average Bonchev–Trinajstić information content (AvgIpc) is 2.93. The summed E-state index contributed by atoms with van der Waals surface area (Å²) in [5, 5.41) is 2.86. The molecule has 2 aliphatic rings. The first-order chi connectivity index (χ1) is 18.5. The fourth-order valence-electron chi connectivity index (χ4n) is 5.02. The van der Waals surface area contributed by atoms with Crippen molar-refractivity contribution in [3.05, 3.63) is 90.2 Å². The number of rotatable bonds is 4. The quantitative estimate of drug-likeness (QED) is 0.395. The van der Waals surface area contributed by atoms with Crippen molar-refractivity contribution in [2.45, 2.75) is 52.1 Å². The van der Waals surface area contributed by atoms with Crippen LogP contribution in [0.4, 0.5) is 14.9 Å². The second kappa shape index (κ2) is 15.3. The zero-order chi connectivity index (χ0) is 27.3. The van der Waals surface area contributed by atoms with E-state index in [4.69, 9.17) is 4.74 Å². The molecule has 5 nitrogen and oxygen atoms in total. The van der Waals surface area contributed by atoms with Gasteiger partial charge in [-0.05, 0) is 73.7 Å². The molecule has 0 aromatic heterocycles. The van der Waals surface area contributed by atoms with E-state index in [1.807, 2.05) is 24.8 Å². The summed E-state index contributed by atoms with van der Waals surface area (Å²) in [5.74, 6) is -0.302. The predicted octanol–water partition coefficient (Wildman–Crippen LogP) is 7.23. The maximum atomic E-state index is 12.9. The molecule has 1 N–H and O–H groups in total. The first-order valence-electron chi connectivity index (χ1n) is 13.7. The van der Waals surface area contributed by atoms with Gasteiger partial charge in [0.25, 0.3) is 0 Å². The van der Waals surface area contributed by atoms with Gasteiger partial charge in [0, 0.05) is 38.0 Å². The highest BCUT2D eigenvalue weighted by molar-refractivity contribution is 5.89. The molecule has 2 atom stereocenters. The number of nitrogens with zero attached hydrogens (tertiary/aromatic N) is 2. The number of ether oxygens (including phenoxy) is 1. The molecule has 3 aromatic rings. The van der Waals surface area contributed by atoms with Crippen LogP contribution in [0.3, 0.4) is 0 Å². The normalized spacial score (nSPS) is 18.7. The summed E-state index contributed by atoms with van der Waals surface area (Å²) in [4.78, 5) is 16.8. The first-order valence-corrected chi connectivity index (χ1v) is 13.7. The summed E-state index contributed by atoms with van der Waals surface area (Å²) < 4.78 is 18.2. The lowest BCUT2D eigenvalue weighted by Gasteiger charge is -2.51. The van der Waals surface area contributed by atoms with E-state index >= 15 is 0 Å². The number of nitrogens with one attached hydrogen (secondary N) is 1. The molecule has 0 aliphatic carbocycles. The maximum Gasteiger partial charge on any atom is 0.321 e. The average molecular weight is 520 g/mol. The summed E-state index contributed by atoms with van der Waals surface area (Å²) in [6.45, 7) is 9.51. The fraction of sp³-hybridized carbons (Fsp3) is 0.406. The van der Waals surface area contributed by atoms with E-state index in [0.29, 0.717) is 17.8 Å². The standard InChI is InChI=1S/C17H24FN3O2.C13H12.C2H6/c1-23-12-16-10-15-11-20(8-2-3-9-21(15)16)17(22)19-14-6-4-13(18)5-7-14;1-11-7-5-6-10-13(11)12-8-3-2-4-9-12;1-2/h4-7,15-16H,2-3,8-12H2,1H3,(H,19,22);2-10H,1H3;1-2H3/t15-,16+;;/m1../s1. The summed E-state index contributed by atoms with van der Waals surface area (Å²) in [7, 11) is 1.74. The van der Waals surface area contributed by atoms with Gasteiger partial charge in [-0.25, -0.2) is 9.18 Å². The zero-order valence-electron chi connectivity index (χ0n) is 23.2. The monoisotopic (exact) mass is 519 g/mol. The van der Waals surface area contributed by atoms with Crippen molar-refractivity contribution < 1.29 is 13.9 Å². The van der Waals surface area contributed by atoms with Gasteiger partial charge in [-0.3, -0.25) is 4.90 Å². The molecule has 6 heteroatoms. The minimum atomic E-state index is -0.302. The van der Waals surface area contributed by atoms with Gasteiger partial charge in [-0.15, -0.1) is 0 Å². The number of anilines is 1. The number of hydrogen-bond donors (Lipinski definition) is 1. The van der Waals surface area contributed by atoms with E-state index in [1.165, 1.54) is 28.8 Å². The lowest BCUT2D eigenvalue weighted by atomic mass is 9.91. The first kappa shape index (κ1) is 29.3. The molecule has 0 spiro atoms. The van der Waals surface area contributed by atoms with Crippen molar-refractivity contribution >= 4 is 11.7 Å². The molecule has 0 unspecified atom stereocenters. The highest BCUT2D eigenvalue weighted by atomic mass is 19.1. The Morgan fingerprint density at radius 3 is 2.29 bits per heavy atom. The summed E-state index contributed by atoms with van der Waals surface area (Å²) in [6.07, 6.45) is 3.17. The number of amides is 2. The molecule has 2 saturated heterocycles. The molecule has 204 valence electrons. The van der Waals surface area contributed by atoms with E-state index in [9.17, 15) is 9.18 Å². The Labute approximate surface area is 227 Å². The van der Waals surface area contributed by atoms with Crippen molar-refractivity contribution in [3.8, 4) is 11.1 Å². The molecule has 2 aliphatic heterocycles. The Bertz CT molecular complexity index is 1110. The summed E-state index contributed by atoms with van der Waals surface area (Å²) in [6, 6.07) is 25.6. The highest BCUT2D eigenvalue weighted by Crippen LogP contribution is 2.29. The Hall–Kier alpha value is -3.22. The number of fused-ring (bicyclic) bond motifs is 1. The fourth-order valence-corrected chi connectivity index (χ4v) is 5.02. The van der Waals surface area contributed by atoms with Crippen LogP contribution in [0.1, 0.15) is 38.7 Å². The summed E-state index contributed by atoms with van der Waals surface area (Å²) >= 11 is 0. The van der Waals surface area contributed by atoms with Crippen LogP contribution >= 0.6 is 0 Å². The summed E-state index contributed by atoms with van der Waals surface area (Å²) in [5.41, 5.74) is 4.57.